The molecule has 15 heavy (non-hydrogen) atoms. The van der Waals surface area contributed by atoms with Crippen LogP contribution in [-0.4, -0.2) is 6.54 Å². The highest BCUT2D eigenvalue weighted by atomic mass is 79.9. The topological polar surface area (TPSA) is 26.0 Å². The molecule has 1 nitrogen and oxygen atoms in total. The van der Waals surface area contributed by atoms with Gasteiger partial charge in [-0.15, -0.1) is 0 Å². The summed E-state index contributed by atoms with van der Waals surface area (Å²) < 4.78 is 1.21. The Morgan fingerprint density at radius 3 is 2.53 bits per heavy atom. The van der Waals surface area contributed by atoms with Gasteiger partial charge in [0, 0.05) is 16.4 Å². The molecule has 0 heterocycles. The van der Waals surface area contributed by atoms with Gasteiger partial charge in [-0.2, -0.15) is 0 Å². The lowest BCUT2D eigenvalue weighted by Gasteiger charge is -2.28. The van der Waals surface area contributed by atoms with E-state index in [2.05, 4.69) is 41.1 Å². The number of hydrogen-bond donors (Lipinski definition) is 1. The van der Waals surface area contributed by atoms with E-state index < -0.39 is 0 Å². The first kappa shape index (κ1) is 11.2. The number of rotatable bonds is 2. The van der Waals surface area contributed by atoms with E-state index in [0.717, 1.165) is 6.54 Å². The molecule has 1 aromatic rings. The molecular formula is C13H18BrN. The predicted molar refractivity (Wildman–Crippen MR) is 68.1 cm³/mol. The summed E-state index contributed by atoms with van der Waals surface area (Å²) in [5, 5.41) is 0. The molecule has 0 unspecified atom stereocenters. The van der Waals surface area contributed by atoms with Crippen molar-refractivity contribution >= 4 is 15.9 Å². The smallest absolute Gasteiger partial charge is 0.0207 e. The highest BCUT2D eigenvalue weighted by Crippen LogP contribution is 2.41. The fraction of sp³-hybridized carbons (Fsp3) is 0.538. The monoisotopic (exact) mass is 267 g/mol. The number of hydrogen-bond acceptors (Lipinski definition) is 1. The van der Waals surface area contributed by atoms with Crippen LogP contribution in [0.15, 0.2) is 22.7 Å². The van der Waals surface area contributed by atoms with E-state index in [4.69, 9.17) is 5.73 Å². The summed E-state index contributed by atoms with van der Waals surface area (Å²) in [7, 11) is 0. The average molecular weight is 268 g/mol. The molecule has 1 fully saturated rings. The van der Waals surface area contributed by atoms with Gasteiger partial charge in [0.25, 0.3) is 0 Å². The van der Waals surface area contributed by atoms with Crippen molar-refractivity contribution in [2.45, 2.75) is 38.0 Å². The standard InChI is InChI=1S/C13H18BrN/c1-10-4-5-11(8-12(10)14)13(9-15)6-2-3-7-13/h4-5,8H,2-3,6-7,9,15H2,1H3. The summed E-state index contributed by atoms with van der Waals surface area (Å²) in [4.78, 5) is 0. The van der Waals surface area contributed by atoms with Crippen molar-refractivity contribution in [2.24, 2.45) is 5.73 Å². The zero-order chi connectivity index (χ0) is 10.9. The third-order valence-electron chi connectivity index (χ3n) is 3.74. The van der Waals surface area contributed by atoms with Crippen molar-refractivity contribution in [1.82, 2.24) is 0 Å². The van der Waals surface area contributed by atoms with Crippen LogP contribution in [0.5, 0.6) is 0 Å². The maximum atomic E-state index is 5.97. The second kappa shape index (κ2) is 4.26. The Bertz CT molecular complexity index is 354. The van der Waals surface area contributed by atoms with Crippen molar-refractivity contribution in [3.63, 3.8) is 0 Å². The Balaban J connectivity index is 2.38. The van der Waals surface area contributed by atoms with E-state index in [1.54, 1.807) is 0 Å². The maximum absolute atomic E-state index is 5.97. The SMILES string of the molecule is Cc1ccc(C2(CN)CCCC2)cc1Br. The molecule has 0 saturated heterocycles. The van der Waals surface area contributed by atoms with Crippen molar-refractivity contribution < 1.29 is 0 Å². The summed E-state index contributed by atoms with van der Waals surface area (Å²) in [5.74, 6) is 0. The molecule has 0 atom stereocenters. The predicted octanol–water partition coefficient (Wildman–Crippen LogP) is 3.53. The van der Waals surface area contributed by atoms with Gasteiger partial charge in [0.1, 0.15) is 0 Å². The van der Waals surface area contributed by atoms with Crippen molar-refractivity contribution in [3.8, 4) is 0 Å². The molecule has 0 amide bonds. The Morgan fingerprint density at radius 2 is 2.00 bits per heavy atom. The normalized spacial score (nSPS) is 19.4. The van der Waals surface area contributed by atoms with Gasteiger partial charge in [-0.1, -0.05) is 40.9 Å². The minimum absolute atomic E-state index is 0.260. The van der Waals surface area contributed by atoms with Crippen LogP contribution in [0.2, 0.25) is 0 Å². The Hall–Kier alpha value is -0.340. The van der Waals surface area contributed by atoms with Crippen LogP contribution < -0.4 is 5.73 Å². The Kier molecular flexibility index (Phi) is 3.17. The largest absolute Gasteiger partial charge is 0.330 e. The van der Waals surface area contributed by atoms with Gasteiger partial charge in [0.2, 0.25) is 0 Å². The number of benzene rings is 1. The Morgan fingerprint density at radius 1 is 1.33 bits per heavy atom. The summed E-state index contributed by atoms with van der Waals surface area (Å²) in [5.41, 5.74) is 8.95. The van der Waals surface area contributed by atoms with E-state index in [1.165, 1.54) is 41.3 Å². The minimum atomic E-state index is 0.260. The highest BCUT2D eigenvalue weighted by molar-refractivity contribution is 9.10. The molecule has 2 heteroatoms. The van der Waals surface area contributed by atoms with Gasteiger partial charge in [-0.05, 0) is 37.0 Å². The Labute approximate surface area is 100 Å². The molecule has 82 valence electrons. The molecule has 0 radical (unpaired) electrons. The van der Waals surface area contributed by atoms with Crippen LogP contribution in [0.4, 0.5) is 0 Å². The third-order valence-corrected chi connectivity index (χ3v) is 4.59. The van der Waals surface area contributed by atoms with Gasteiger partial charge in [0.05, 0.1) is 0 Å². The first-order valence-electron chi connectivity index (χ1n) is 5.65. The highest BCUT2D eigenvalue weighted by Gasteiger charge is 2.34. The van der Waals surface area contributed by atoms with Crippen LogP contribution in [-0.2, 0) is 5.41 Å². The molecule has 1 aromatic carbocycles. The zero-order valence-electron chi connectivity index (χ0n) is 9.22. The molecule has 0 aliphatic heterocycles. The molecule has 2 rings (SSSR count). The quantitative estimate of drug-likeness (QED) is 0.872. The third kappa shape index (κ3) is 1.98. The van der Waals surface area contributed by atoms with Crippen LogP contribution in [0.1, 0.15) is 36.8 Å². The molecule has 0 bridgehead atoms. The molecule has 0 aromatic heterocycles. The minimum Gasteiger partial charge on any atom is -0.330 e. The fourth-order valence-electron chi connectivity index (χ4n) is 2.59. The maximum Gasteiger partial charge on any atom is 0.0207 e. The summed E-state index contributed by atoms with van der Waals surface area (Å²) in [6.45, 7) is 2.90. The lowest BCUT2D eigenvalue weighted by atomic mass is 9.79. The van der Waals surface area contributed by atoms with Crippen molar-refractivity contribution in [3.05, 3.63) is 33.8 Å². The second-order valence-corrected chi connectivity index (χ2v) is 5.51. The van der Waals surface area contributed by atoms with Gasteiger partial charge in [-0.25, -0.2) is 0 Å². The van der Waals surface area contributed by atoms with E-state index >= 15 is 0 Å². The summed E-state index contributed by atoms with van der Waals surface area (Å²) in [6, 6.07) is 6.70. The van der Waals surface area contributed by atoms with Gasteiger partial charge >= 0.3 is 0 Å². The van der Waals surface area contributed by atoms with Gasteiger partial charge in [-0.3, -0.25) is 0 Å². The molecule has 0 spiro atoms. The van der Waals surface area contributed by atoms with Gasteiger partial charge in [0.15, 0.2) is 0 Å². The summed E-state index contributed by atoms with van der Waals surface area (Å²) >= 11 is 3.61. The molecule has 1 saturated carbocycles. The van der Waals surface area contributed by atoms with E-state index in [-0.39, 0.29) is 5.41 Å². The van der Waals surface area contributed by atoms with E-state index in [9.17, 15) is 0 Å². The van der Waals surface area contributed by atoms with Crippen LogP contribution in [0.25, 0.3) is 0 Å². The fourth-order valence-corrected chi connectivity index (χ4v) is 2.96. The number of aryl methyl sites for hydroxylation is 1. The lowest BCUT2D eigenvalue weighted by Crippen LogP contribution is -2.31. The molecule has 2 N–H and O–H groups in total. The second-order valence-electron chi connectivity index (χ2n) is 4.66. The number of halogens is 1. The van der Waals surface area contributed by atoms with Crippen molar-refractivity contribution in [1.29, 1.82) is 0 Å². The molecular weight excluding hydrogens is 250 g/mol. The first-order valence-corrected chi connectivity index (χ1v) is 6.44. The summed E-state index contributed by atoms with van der Waals surface area (Å²) in [6.07, 6.45) is 5.14. The van der Waals surface area contributed by atoms with Crippen LogP contribution >= 0.6 is 15.9 Å². The molecule has 1 aliphatic carbocycles. The van der Waals surface area contributed by atoms with Gasteiger partial charge < -0.3 is 5.73 Å². The van der Waals surface area contributed by atoms with Crippen LogP contribution in [0, 0.1) is 6.92 Å². The lowest BCUT2D eigenvalue weighted by molar-refractivity contribution is 0.453. The first-order chi connectivity index (χ1) is 7.18. The van der Waals surface area contributed by atoms with E-state index in [1.807, 2.05) is 0 Å². The van der Waals surface area contributed by atoms with Crippen molar-refractivity contribution in [2.75, 3.05) is 6.54 Å². The number of nitrogens with two attached hydrogens (primary N) is 1. The van der Waals surface area contributed by atoms with Crippen LogP contribution in [0.3, 0.4) is 0 Å². The average Bonchev–Trinajstić information content (AvgIpc) is 2.72. The molecule has 1 aliphatic rings. The van der Waals surface area contributed by atoms with E-state index in [0.29, 0.717) is 0 Å². The zero-order valence-corrected chi connectivity index (χ0v) is 10.8.